The minimum Gasteiger partial charge on any atom is -0.389 e. The van der Waals surface area contributed by atoms with Crippen LogP contribution in [0.15, 0.2) is 48.5 Å². The minimum atomic E-state index is -0.990. The van der Waals surface area contributed by atoms with Gasteiger partial charge in [0.15, 0.2) is 0 Å². The number of halogens is 2. The van der Waals surface area contributed by atoms with Crippen LogP contribution in [0, 0.1) is 5.82 Å². The lowest BCUT2D eigenvalue weighted by atomic mass is 9.90. The molecule has 1 unspecified atom stereocenters. The lowest BCUT2D eigenvalue weighted by molar-refractivity contribution is 0.0599. The molecule has 0 amide bonds. The van der Waals surface area contributed by atoms with Crippen LogP contribution in [0.2, 0.25) is 5.02 Å². The van der Waals surface area contributed by atoms with Crippen molar-refractivity contribution in [3.63, 3.8) is 0 Å². The van der Waals surface area contributed by atoms with Crippen LogP contribution in [0.5, 0.6) is 0 Å². The van der Waals surface area contributed by atoms with Crippen LogP contribution in [0.3, 0.4) is 0 Å². The Hall–Kier alpha value is -1.38. The predicted octanol–water partition coefficient (Wildman–Crippen LogP) is 4.02. The van der Waals surface area contributed by atoms with Gasteiger partial charge < -0.3 is 5.11 Å². The lowest BCUT2D eigenvalue weighted by Crippen LogP contribution is -2.30. The quantitative estimate of drug-likeness (QED) is 0.896. The maximum absolute atomic E-state index is 13.6. The lowest BCUT2D eigenvalue weighted by Gasteiger charge is -2.23. The zero-order valence-electron chi connectivity index (χ0n) is 10.7. The van der Waals surface area contributed by atoms with Crippen LogP contribution in [-0.4, -0.2) is 10.7 Å². The average molecular weight is 279 g/mol. The summed E-state index contributed by atoms with van der Waals surface area (Å²) in [5, 5.41) is 11.1. The molecule has 2 aromatic rings. The second-order valence-corrected chi connectivity index (χ2v) is 5.50. The van der Waals surface area contributed by atoms with Crippen LogP contribution >= 0.6 is 11.6 Å². The Morgan fingerprint density at radius 3 is 2.32 bits per heavy atom. The summed E-state index contributed by atoms with van der Waals surface area (Å²) >= 11 is 5.82. The molecule has 0 heterocycles. The summed E-state index contributed by atoms with van der Waals surface area (Å²) in [6.45, 7) is 1.72. The standard InChI is InChI=1S/C16H16ClFO/c1-16(19,10-12-6-8-14(17)9-7-12)11-13-4-2-3-5-15(13)18/h2-9,19H,10-11H2,1H3. The summed E-state index contributed by atoms with van der Waals surface area (Å²) < 4.78 is 13.6. The van der Waals surface area contributed by atoms with Crippen molar-refractivity contribution in [1.82, 2.24) is 0 Å². The van der Waals surface area contributed by atoms with Gasteiger partial charge in [0.05, 0.1) is 5.60 Å². The average Bonchev–Trinajstić information content (AvgIpc) is 2.35. The summed E-state index contributed by atoms with van der Waals surface area (Å²) in [4.78, 5) is 0. The van der Waals surface area contributed by atoms with Gasteiger partial charge in [0.25, 0.3) is 0 Å². The molecule has 1 nitrogen and oxygen atoms in total. The third-order valence-electron chi connectivity index (χ3n) is 3.03. The Morgan fingerprint density at radius 2 is 1.68 bits per heavy atom. The number of benzene rings is 2. The molecule has 1 N–H and O–H groups in total. The van der Waals surface area contributed by atoms with Gasteiger partial charge in [-0.25, -0.2) is 4.39 Å². The number of hydrogen-bond donors (Lipinski definition) is 1. The van der Waals surface area contributed by atoms with Gasteiger partial charge in [0, 0.05) is 17.9 Å². The van der Waals surface area contributed by atoms with Gasteiger partial charge in [0.1, 0.15) is 5.82 Å². The highest BCUT2D eigenvalue weighted by Gasteiger charge is 2.23. The topological polar surface area (TPSA) is 20.2 Å². The highest BCUT2D eigenvalue weighted by Crippen LogP contribution is 2.21. The van der Waals surface area contributed by atoms with Crippen molar-refractivity contribution in [1.29, 1.82) is 0 Å². The number of hydrogen-bond acceptors (Lipinski definition) is 1. The van der Waals surface area contributed by atoms with Gasteiger partial charge >= 0.3 is 0 Å². The van der Waals surface area contributed by atoms with Gasteiger partial charge in [-0.1, -0.05) is 41.9 Å². The van der Waals surface area contributed by atoms with Crippen LogP contribution in [0.25, 0.3) is 0 Å². The van der Waals surface area contributed by atoms with E-state index in [1.54, 1.807) is 37.3 Å². The van der Waals surface area contributed by atoms with Crippen molar-refractivity contribution in [3.8, 4) is 0 Å². The zero-order chi connectivity index (χ0) is 13.9. The number of rotatable bonds is 4. The normalized spacial score (nSPS) is 14.1. The summed E-state index contributed by atoms with van der Waals surface area (Å²) in [6, 6.07) is 13.9. The molecule has 2 rings (SSSR count). The highest BCUT2D eigenvalue weighted by atomic mass is 35.5. The Kier molecular flexibility index (Phi) is 4.23. The SMILES string of the molecule is CC(O)(Cc1ccc(Cl)cc1)Cc1ccccc1F. The van der Waals surface area contributed by atoms with Crippen LogP contribution in [-0.2, 0) is 12.8 Å². The molecule has 0 aliphatic carbocycles. The molecule has 0 fully saturated rings. The van der Waals surface area contributed by atoms with E-state index in [-0.39, 0.29) is 12.2 Å². The maximum atomic E-state index is 13.6. The highest BCUT2D eigenvalue weighted by molar-refractivity contribution is 6.30. The summed E-state index contributed by atoms with van der Waals surface area (Å²) in [7, 11) is 0. The third kappa shape index (κ3) is 4.05. The molecule has 19 heavy (non-hydrogen) atoms. The van der Waals surface area contributed by atoms with E-state index < -0.39 is 5.60 Å². The minimum absolute atomic E-state index is 0.279. The van der Waals surface area contributed by atoms with Crippen molar-refractivity contribution in [2.75, 3.05) is 0 Å². The summed E-state index contributed by atoms with van der Waals surface area (Å²) in [6.07, 6.45) is 0.737. The van der Waals surface area contributed by atoms with E-state index in [1.165, 1.54) is 6.07 Å². The first-order chi connectivity index (χ1) is 8.96. The van der Waals surface area contributed by atoms with Crippen LogP contribution in [0.1, 0.15) is 18.1 Å². The first-order valence-corrected chi connectivity index (χ1v) is 6.54. The smallest absolute Gasteiger partial charge is 0.126 e. The predicted molar refractivity (Wildman–Crippen MR) is 75.9 cm³/mol. The molecule has 0 aliphatic rings. The molecule has 100 valence electrons. The molecule has 1 atom stereocenters. The van der Waals surface area contributed by atoms with Crippen molar-refractivity contribution in [2.24, 2.45) is 0 Å². The first-order valence-electron chi connectivity index (χ1n) is 6.16. The molecule has 0 spiro atoms. The van der Waals surface area contributed by atoms with Crippen LogP contribution < -0.4 is 0 Å². The van der Waals surface area contributed by atoms with E-state index >= 15 is 0 Å². The summed E-state index contributed by atoms with van der Waals surface area (Å²) in [5.74, 6) is -0.279. The van der Waals surface area contributed by atoms with E-state index in [2.05, 4.69) is 0 Å². The molecular weight excluding hydrogens is 263 g/mol. The fraction of sp³-hybridized carbons (Fsp3) is 0.250. The second-order valence-electron chi connectivity index (χ2n) is 5.07. The third-order valence-corrected chi connectivity index (χ3v) is 3.28. The van der Waals surface area contributed by atoms with Gasteiger partial charge in [-0.15, -0.1) is 0 Å². The van der Waals surface area contributed by atoms with E-state index in [9.17, 15) is 9.50 Å². The molecule has 0 bridgehead atoms. The van der Waals surface area contributed by atoms with Gasteiger partial charge in [-0.05, 0) is 36.2 Å². The molecule has 0 saturated heterocycles. The Morgan fingerprint density at radius 1 is 1.05 bits per heavy atom. The Balaban J connectivity index is 2.10. The molecule has 0 aromatic heterocycles. The van der Waals surface area contributed by atoms with E-state index in [0.29, 0.717) is 17.0 Å². The second kappa shape index (κ2) is 5.72. The number of aliphatic hydroxyl groups is 1. The van der Waals surface area contributed by atoms with Crippen molar-refractivity contribution in [3.05, 3.63) is 70.5 Å². The Labute approximate surface area is 117 Å². The molecule has 2 aromatic carbocycles. The zero-order valence-corrected chi connectivity index (χ0v) is 11.5. The van der Waals surface area contributed by atoms with Crippen molar-refractivity contribution < 1.29 is 9.50 Å². The van der Waals surface area contributed by atoms with E-state index in [1.807, 2.05) is 12.1 Å². The van der Waals surface area contributed by atoms with E-state index in [4.69, 9.17) is 11.6 Å². The van der Waals surface area contributed by atoms with E-state index in [0.717, 1.165) is 5.56 Å². The van der Waals surface area contributed by atoms with Crippen molar-refractivity contribution >= 4 is 11.6 Å². The molecule has 0 aliphatic heterocycles. The largest absolute Gasteiger partial charge is 0.389 e. The maximum Gasteiger partial charge on any atom is 0.126 e. The summed E-state index contributed by atoms with van der Waals surface area (Å²) in [5.41, 5.74) is 0.517. The van der Waals surface area contributed by atoms with Gasteiger partial charge in [0.2, 0.25) is 0 Å². The molecule has 0 saturated carbocycles. The fourth-order valence-electron chi connectivity index (χ4n) is 2.16. The Bertz CT molecular complexity index is 549. The van der Waals surface area contributed by atoms with Crippen molar-refractivity contribution in [2.45, 2.75) is 25.4 Å². The van der Waals surface area contributed by atoms with Gasteiger partial charge in [-0.3, -0.25) is 0 Å². The fourth-order valence-corrected chi connectivity index (χ4v) is 2.28. The monoisotopic (exact) mass is 278 g/mol. The molecule has 3 heteroatoms. The van der Waals surface area contributed by atoms with Crippen LogP contribution in [0.4, 0.5) is 4.39 Å². The molecule has 0 radical (unpaired) electrons. The molecular formula is C16H16ClFO. The first kappa shape index (κ1) is 14.0. The van der Waals surface area contributed by atoms with Gasteiger partial charge in [-0.2, -0.15) is 0 Å².